The van der Waals surface area contributed by atoms with E-state index in [0.29, 0.717) is 17.8 Å². The summed E-state index contributed by atoms with van der Waals surface area (Å²) in [5, 5.41) is 6.46. The van der Waals surface area contributed by atoms with Crippen molar-refractivity contribution < 1.29 is 14.3 Å². The van der Waals surface area contributed by atoms with Crippen LogP contribution < -0.4 is 15.5 Å². The van der Waals surface area contributed by atoms with Crippen LogP contribution in [0.15, 0.2) is 65.9 Å². The van der Waals surface area contributed by atoms with E-state index in [1.807, 2.05) is 54.6 Å². The lowest BCUT2D eigenvalue weighted by Gasteiger charge is -2.38. The molecule has 32 heavy (non-hydrogen) atoms. The van der Waals surface area contributed by atoms with Crippen molar-refractivity contribution in [3.05, 3.63) is 76.5 Å². The number of carbonyl (C=O) groups excluding carboxylic acids is 2. The highest BCUT2D eigenvalue weighted by molar-refractivity contribution is 6.30. The molecule has 0 bridgehead atoms. The van der Waals surface area contributed by atoms with Crippen LogP contribution in [0.4, 0.5) is 10.5 Å². The topological polar surface area (TPSA) is 73.9 Å². The Morgan fingerprint density at radius 2 is 1.75 bits per heavy atom. The third-order valence-corrected chi connectivity index (χ3v) is 5.98. The van der Waals surface area contributed by atoms with Crippen LogP contribution >= 0.6 is 11.6 Å². The highest BCUT2D eigenvalue weighted by atomic mass is 35.5. The van der Waals surface area contributed by atoms with Gasteiger partial charge in [-0.1, -0.05) is 41.9 Å². The summed E-state index contributed by atoms with van der Waals surface area (Å²) in [6.45, 7) is 5.82. The molecule has 2 aliphatic rings. The predicted molar refractivity (Wildman–Crippen MR) is 125 cm³/mol. The fraction of sp³-hybridized carbons (Fsp3) is 0.333. The number of hydrogen-bond donors (Lipinski definition) is 2. The number of nitrogens with zero attached hydrogens (tertiary/aromatic N) is 2. The van der Waals surface area contributed by atoms with Gasteiger partial charge in [0.05, 0.1) is 18.2 Å². The molecule has 2 aromatic rings. The van der Waals surface area contributed by atoms with E-state index >= 15 is 0 Å². The van der Waals surface area contributed by atoms with Gasteiger partial charge in [-0.25, -0.2) is 9.59 Å². The van der Waals surface area contributed by atoms with Gasteiger partial charge in [-0.05, 0) is 36.8 Å². The van der Waals surface area contributed by atoms with Gasteiger partial charge in [-0.3, -0.25) is 4.90 Å². The van der Waals surface area contributed by atoms with Gasteiger partial charge in [0.15, 0.2) is 0 Å². The molecule has 0 spiro atoms. The molecule has 2 N–H and O–H groups in total. The van der Waals surface area contributed by atoms with Crippen LogP contribution in [-0.4, -0.2) is 56.2 Å². The molecule has 1 atom stereocenters. The maximum Gasteiger partial charge on any atom is 0.338 e. The minimum absolute atomic E-state index is 0.269. The molecule has 7 nitrogen and oxygen atoms in total. The summed E-state index contributed by atoms with van der Waals surface area (Å²) in [7, 11) is 0. The van der Waals surface area contributed by atoms with Crippen molar-refractivity contribution in [3.63, 3.8) is 0 Å². The summed E-state index contributed by atoms with van der Waals surface area (Å²) in [5.41, 5.74) is 3.04. The molecule has 0 radical (unpaired) electrons. The van der Waals surface area contributed by atoms with Crippen LogP contribution in [0, 0.1) is 0 Å². The van der Waals surface area contributed by atoms with Gasteiger partial charge in [0.2, 0.25) is 0 Å². The molecule has 8 heteroatoms. The van der Waals surface area contributed by atoms with Gasteiger partial charge >= 0.3 is 12.0 Å². The van der Waals surface area contributed by atoms with Crippen molar-refractivity contribution in [1.82, 2.24) is 15.5 Å². The highest BCUT2D eigenvalue weighted by Crippen LogP contribution is 2.28. The number of benzene rings is 2. The zero-order chi connectivity index (χ0) is 22.5. The van der Waals surface area contributed by atoms with E-state index < -0.39 is 12.0 Å². The second-order valence-electron chi connectivity index (χ2n) is 7.79. The number of hydrogen-bond acceptors (Lipinski definition) is 5. The monoisotopic (exact) mass is 454 g/mol. The summed E-state index contributed by atoms with van der Waals surface area (Å²) in [6, 6.07) is 16.5. The van der Waals surface area contributed by atoms with Crippen molar-refractivity contribution in [2.24, 2.45) is 0 Å². The van der Waals surface area contributed by atoms with Crippen LogP contribution in [0.2, 0.25) is 5.02 Å². The molecule has 4 rings (SSSR count). The van der Waals surface area contributed by atoms with E-state index in [2.05, 4.69) is 20.4 Å². The van der Waals surface area contributed by atoms with E-state index in [4.69, 9.17) is 16.3 Å². The standard InChI is InChI=1S/C24H27ClN4O3/c1-2-32-23(30)21-20(26-24(31)27-22(21)17-6-4-3-5-7-17)16-28-12-14-29(15-13-28)19-10-8-18(25)9-11-19/h3-11,22H,2,12-16H2,1H3,(H2,26,27,31). The average molecular weight is 455 g/mol. The fourth-order valence-electron chi connectivity index (χ4n) is 4.13. The Morgan fingerprint density at radius 3 is 2.41 bits per heavy atom. The van der Waals surface area contributed by atoms with Gasteiger partial charge in [0.25, 0.3) is 0 Å². The van der Waals surface area contributed by atoms with Crippen molar-refractivity contribution in [1.29, 1.82) is 0 Å². The van der Waals surface area contributed by atoms with Crippen molar-refractivity contribution in [3.8, 4) is 0 Å². The Hall–Kier alpha value is -3.03. The van der Waals surface area contributed by atoms with Crippen LogP contribution in [0.5, 0.6) is 0 Å². The number of rotatable bonds is 6. The summed E-state index contributed by atoms with van der Waals surface area (Å²) in [5.74, 6) is -0.413. The van der Waals surface area contributed by atoms with Crippen molar-refractivity contribution in [2.45, 2.75) is 13.0 Å². The molecule has 0 aliphatic carbocycles. The van der Waals surface area contributed by atoms with E-state index in [1.54, 1.807) is 6.92 Å². The quantitative estimate of drug-likeness (QED) is 0.655. The Labute approximate surface area is 193 Å². The van der Waals surface area contributed by atoms with E-state index in [-0.39, 0.29) is 12.6 Å². The van der Waals surface area contributed by atoms with Crippen LogP contribution in [0.1, 0.15) is 18.5 Å². The molecule has 1 saturated heterocycles. The van der Waals surface area contributed by atoms with Crippen molar-refractivity contribution in [2.75, 3.05) is 44.2 Å². The molecule has 1 fully saturated rings. The number of piperazine rings is 1. The van der Waals surface area contributed by atoms with Crippen molar-refractivity contribution >= 4 is 29.3 Å². The Bertz CT molecular complexity index is 986. The van der Waals surface area contributed by atoms with Gasteiger partial charge in [0, 0.05) is 49.1 Å². The van der Waals surface area contributed by atoms with Gasteiger partial charge in [-0.2, -0.15) is 0 Å². The molecule has 2 heterocycles. The first kappa shape index (κ1) is 22.2. The summed E-state index contributed by atoms with van der Waals surface area (Å²) in [6.07, 6.45) is 0. The molecule has 2 aromatic carbocycles. The number of carbonyl (C=O) groups is 2. The third-order valence-electron chi connectivity index (χ3n) is 5.73. The first-order chi connectivity index (χ1) is 15.5. The molecule has 2 amide bonds. The van der Waals surface area contributed by atoms with E-state index in [0.717, 1.165) is 42.5 Å². The van der Waals surface area contributed by atoms with Crippen LogP contribution in [0.3, 0.4) is 0 Å². The second-order valence-corrected chi connectivity index (χ2v) is 8.23. The largest absolute Gasteiger partial charge is 0.463 e. The van der Waals surface area contributed by atoms with E-state index in [9.17, 15) is 9.59 Å². The predicted octanol–water partition coefficient (Wildman–Crippen LogP) is 3.33. The first-order valence-corrected chi connectivity index (χ1v) is 11.2. The number of halogens is 1. The van der Waals surface area contributed by atoms with E-state index in [1.165, 1.54) is 0 Å². The highest BCUT2D eigenvalue weighted by Gasteiger charge is 2.34. The number of anilines is 1. The number of esters is 1. The maximum absolute atomic E-state index is 12.9. The van der Waals surface area contributed by atoms with Gasteiger partial charge < -0.3 is 20.3 Å². The SMILES string of the molecule is CCOC(=O)C1=C(CN2CCN(c3ccc(Cl)cc3)CC2)NC(=O)NC1c1ccccc1. The molecular formula is C24H27ClN4O3. The molecular weight excluding hydrogens is 428 g/mol. The number of ether oxygens (including phenoxy) is 1. The van der Waals surface area contributed by atoms with Gasteiger partial charge in [-0.15, -0.1) is 0 Å². The number of nitrogens with one attached hydrogen (secondary N) is 2. The average Bonchev–Trinajstić information content (AvgIpc) is 2.80. The molecule has 0 aromatic heterocycles. The fourth-order valence-corrected chi connectivity index (χ4v) is 4.25. The lowest BCUT2D eigenvalue weighted by atomic mass is 9.95. The van der Waals surface area contributed by atoms with Gasteiger partial charge in [0.1, 0.15) is 0 Å². The first-order valence-electron chi connectivity index (χ1n) is 10.8. The lowest BCUT2D eigenvalue weighted by Crippen LogP contribution is -2.51. The minimum atomic E-state index is -0.547. The molecule has 1 unspecified atom stereocenters. The summed E-state index contributed by atoms with van der Waals surface area (Å²) in [4.78, 5) is 29.9. The zero-order valence-corrected chi connectivity index (χ0v) is 18.8. The number of amides is 2. The van der Waals surface area contributed by atoms with Crippen LogP contribution in [-0.2, 0) is 9.53 Å². The third kappa shape index (κ3) is 5.06. The Morgan fingerprint density at radius 1 is 1.06 bits per heavy atom. The minimum Gasteiger partial charge on any atom is -0.463 e. The summed E-state index contributed by atoms with van der Waals surface area (Å²) < 4.78 is 5.35. The Balaban J connectivity index is 1.53. The normalized spacial score (nSPS) is 19.4. The summed E-state index contributed by atoms with van der Waals surface area (Å²) >= 11 is 6.00. The zero-order valence-electron chi connectivity index (χ0n) is 18.0. The molecule has 0 saturated carbocycles. The molecule has 168 valence electrons. The number of urea groups is 1. The second kappa shape index (κ2) is 10.1. The maximum atomic E-state index is 12.9. The Kier molecular flexibility index (Phi) is 6.97. The molecule has 2 aliphatic heterocycles. The van der Waals surface area contributed by atoms with Crippen LogP contribution in [0.25, 0.3) is 0 Å². The smallest absolute Gasteiger partial charge is 0.338 e. The lowest BCUT2D eigenvalue weighted by molar-refractivity contribution is -0.139.